The van der Waals surface area contributed by atoms with Gasteiger partial charge in [-0.25, -0.2) is 9.18 Å². The molecule has 22 heavy (non-hydrogen) atoms. The Morgan fingerprint density at radius 2 is 1.91 bits per heavy atom. The lowest BCUT2D eigenvalue weighted by molar-refractivity contribution is -0.0914. The second-order valence-corrected chi connectivity index (χ2v) is 5.60. The lowest BCUT2D eigenvalue weighted by atomic mass is 10.2. The van der Waals surface area contributed by atoms with Crippen LogP contribution in [0.4, 0.5) is 20.6 Å². The summed E-state index contributed by atoms with van der Waals surface area (Å²) in [6.07, 6.45) is -1.14. The van der Waals surface area contributed by atoms with Crippen LogP contribution in [0.1, 0.15) is 20.8 Å². The van der Waals surface area contributed by atoms with Crippen LogP contribution in [0, 0.1) is 5.82 Å². The van der Waals surface area contributed by atoms with E-state index in [-0.39, 0.29) is 5.69 Å². The Morgan fingerprint density at radius 3 is 2.45 bits per heavy atom. The number of methoxy groups -OCH3 is 2. The van der Waals surface area contributed by atoms with Gasteiger partial charge < -0.3 is 19.5 Å². The van der Waals surface area contributed by atoms with Gasteiger partial charge in [0.05, 0.1) is 12.2 Å². The number of carbonyl (C=O) groups is 1. The molecule has 0 saturated heterocycles. The summed E-state index contributed by atoms with van der Waals surface area (Å²) in [5.74, 6) is -0.550. The minimum atomic E-state index is -0.713. The van der Waals surface area contributed by atoms with E-state index in [9.17, 15) is 9.18 Å². The van der Waals surface area contributed by atoms with Crippen LogP contribution in [-0.4, -0.2) is 38.7 Å². The first-order valence-corrected chi connectivity index (χ1v) is 6.84. The van der Waals surface area contributed by atoms with E-state index in [4.69, 9.17) is 14.2 Å². The minimum Gasteiger partial charge on any atom is -0.444 e. The fraction of sp³-hybridized carbons (Fsp3) is 0.533. The Hall–Kier alpha value is -1.86. The summed E-state index contributed by atoms with van der Waals surface area (Å²) in [6, 6.07) is 4.28. The molecule has 1 amide bonds. The molecular formula is C15H23FN2O4. The maximum atomic E-state index is 13.7. The Kier molecular flexibility index (Phi) is 6.58. The van der Waals surface area contributed by atoms with Crippen molar-refractivity contribution in [2.45, 2.75) is 32.7 Å². The largest absolute Gasteiger partial charge is 0.444 e. The minimum absolute atomic E-state index is 0.0330. The molecule has 0 aliphatic heterocycles. The van der Waals surface area contributed by atoms with Crippen molar-refractivity contribution in [2.75, 3.05) is 31.4 Å². The number of rotatable bonds is 6. The van der Waals surface area contributed by atoms with Gasteiger partial charge >= 0.3 is 6.09 Å². The highest BCUT2D eigenvalue weighted by molar-refractivity contribution is 5.85. The molecule has 0 bridgehead atoms. The van der Waals surface area contributed by atoms with Gasteiger partial charge in [-0.2, -0.15) is 0 Å². The zero-order valence-corrected chi connectivity index (χ0v) is 13.5. The molecule has 0 atom stereocenters. The molecule has 0 spiro atoms. The molecule has 0 heterocycles. The first-order valence-electron chi connectivity index (χ1n) is 6.84. The predicted molar refractivity (Wildman–Crippen MR) is 82.6 cm³/mol. The zero-order chi connectivity index (χ0) is 16.8. The van der Waals surface area contributed by atoms with Crippen molar-refractivity contribution >= 4 is 17.5 Å². The van der Waals surface area contributed by atoms with Gasteiger partial charge in [0, 0.05) is 19.9 Å². The fourth-order valence-corrected chi connectivity index (χ4v) is 1.61. The molecule has 1 aromatic carbocycles. The van der Waals surface area contributed by atoms with Crippen LogP contribution in [0.2, 0.25) is 0 Å². The lowest BCUT2D eigenvalue weighted by Gasteiger charge is -2.20. The van der Waals surface area contributed by atoms with Crippen molar-refractivity contribution in [3.05, 3.63) is 24.0 Å². The Balaban J connectivity index is 2.71. The first-order chi connectivity index (χ1) is 10.2. The Morgan fingerprint density at radius 1 is 1.27 bits per heavy atom. The second-order valence-electron chi connectivity index (χ2n) is 5.60. The molecule has 124 valence electrons. The van der Waals surface area contributed by atoms with E-state index in [2.05, 4.69) is 10.6 Å². The van der Waals surface area contributed by atoms with Gasteiger partial charge in [-0.05, 0) is 39.0 Å². The topological polar surface area (TPSA) is 68.8 Å². The monoisotopic (exact) mass is 314 g/mol. The summed E-state index contributed by atoms with van der Waals surface area (Å²) in [4.78, 5) is 11.7. The molecule has 0 saturated carbocycles. The summed E-state index contributed by atoms with van der Waals surface area (Å²) in [6.45, 7) is 5.58. The third kappa shape index (κ3) is 6.28. The maximum absolute atomic E-state index is 13.7. The predicted octanol–water partition coefficient (Wildman–Crippen LogP) is 3.20. The van der Waals surface area contributed by atoms with Gasteiger partial charge in [-0.3, -0.25) is 5.32 Å². The molecule has 0 unspecified atom stereocenters. The normalized spacial score (nSPS) is 11.4. The molecule has 0 aliphatic carbocycles. The molecular weight excluding hydrogens is 291 g/mol. The van der Waals surface area contributed by atoms with Gasteiger partial charge in [-0.15, -0.1) is 0 Å². The third-order valence-electron chi connectivity index (χ3n) is 2.60. The maximum Gasteiger partial charge on any atom is 0.412 e. The van der Waals surface area contributed by atoms with Crippen LogP contribution in [0.3, 0.4) is 0 Å². The lowest BCUT2D eigenvalue weighted by Crippen LogP contribution is -2.27. The van der Waals surface area contributed by atoms with E-state index >= 15 is 0 Å². The van der Waals surface area contributed by atoms with E-state index in [1.165, 1.54) is 26.4 Å². The van der Waals surface area contributed by atoms with E-state index in [0.717, 1.165) is 0 Å². The van der Waals surface area contributed by atoms with Crippen LogP contribution >= 0.6 is 0 Å². The molecule has 6 nitrogen and oxygen atoms in total. The fourth-order valence-electron chi connectivity index (χ4n) is 1.61. The van der Waals surface area contributed by atoms with Crippen LogP contribution in [0.15, 0.2) is 18.2 Å². The van der Waals surface area contributed by atoms with Crippen molar-refractivity contribution in [1.29, 1.82) is 0 Å². The molecule has 1 aromatic rings. The quantitative estimate of drug-likeness (QED) is 0.789. The van der Waals surface area contributed by atoms with Crippen LogP contribution < -0.4 is 10.6 Å². The summed E-state index contributed by atoms with van der Waals surface area (Å²) in [5, 5.41) is 5.41. The van der Waals surface area contributed by atoms with Crippen molar-refractivity contribution < 1.29 is 23.4 Å². The Bertz CT molecular complexity index is 499. The third-order valence-corrected chi connectivity index (χ3v) is 2.60. The highest BCUT2D eigenvalue weighted by Gasteiger charge is 2.17. The number of nitrogens with one attached hydrogen (secondary N) is 2. The molecule has 1 rings (SSSR count). The van der Waals surface area contributed by atoms with Crippen molar-refractivity contribution in [3.63, 3.8) is 0 Å². The molecule has 7 heteroatoms. The summed E-state index contributed by atoms with van der Waals surface area (Å²) >= 11 is 0. The highest BCUT2D eigenvalue weighted by Crippen LogP contribution is 2.21. The number of amides is 1. The smallest absolute Gasteiger partial charge is 0.412 e. The molecule has 0 aliphatic rings. The van der Waals surface area contributed by atoms with Gasteiger partial charge in [0.15, 0.2) is 6.29 Å². The van der Waals surface area contributed by atoms with Crippen LogP contribution in [0.5, 0.6) is 0 Å². The van der Waals surface area contributed by atoms with E-state index in [1.807, 2.05) is 0 Å². The van der Waals surface area contributed by atoms with Gasteiger partial charge in [-0.1, -0.05) is 0 Å². The average Bonchev–Trinajstić information content (AvgIpc) is 2.41. The van der Waals surface area contributed by atoms with Crippen LogP contribution in [-0.2, 0) is 14.2 Å². The van der Waals surface area contributed by atoms with E-state index in [0.29, 0.717) is 12.2 Å². The number of anilines is 2. The van der Waals surface area contributed by atoms with E-state index < -0.39 is 23.8 Å². The Labute approximate surface area is 129 Å². The first kappa shape index (κ1) is 18.2. The summed E-state index contributed by atoms with van der Waals surface area (Å²) in [7, 11) is 3.05. The van der Waals surface area contributed by atoms with Gasteiger partial charge in [0.1, 0.15) is 11.4 Å². The molecule has 0 radical (unpaired) electrons. The standard InChI is InChI=1S/C15H23FN2O4/c1-15(2,3)22-14(19)18-12-8-10(6-7-11(12)16)17-9-13(20-4)21-5/h6-8,13,17H,9H2,1-5H3,(H,18,19). The average molecular weight is 314 g/mol. The number of hydrogen-bond donors (Lipinski definition) is 2. The molecule has 2 N–H and O–H groups in total. The number of hydrogen-bond acceptors (Lipinski definition) is 5. The number of ether oxygens (including phenoxy) is 3. The summed E-state index contributed by atoms with van der Waals surface area (Å²) in [5.41, 5.74) is -0.00203. The molecule has 0 fully saturated rings. The van der Waals surface area contributed by atoms with E-state index in [1.54, 1.807) is 26.8 Å². The van der Waals surface area contributed by atoms with Gasteiger partial charge in [0.25, 0.3) is 0 Å². The number of carbonyl (C=O) groups excluding carboxylic acids is 1. The summed E-state index contributed by atoms with van der Waals surface area (Å²) < 4.78 is 28.9. The highest BCUT2D eigenvalue weighted by atomic mass is 19.1. The van der Waals surface area contributed by atoms with Crippen molar-refractivity contribution in [1.82, 2.24) is 0 Å². The number of benzene rings is 1. The SMILES string of the molecule is COC(CNc1ccc(F)c(NC(=O)OC(C)(C)C)c1)OC. The van der Waals surface area contributed by atoms with Gasteiger partial charge in [0.2, 0.25) is 0 Å². The zero-order valence-electron chi connectivity index (χ0n) is 13.5. The van der Waals surface area contributed by atoms with Crippen molar-refractivity contribution in [2.24, 2.45) is 0 Å². The van der Waals surface area contributed by atoms with Crippen LogP contribution in [0.25, 0.3) is 0 Å². The number of halogens is 1. The van der Waals surface area contributed by atoms with Crippen molar-refractivity contribution in [3.8, 4) is 0 Å². The second kappa shape index (κ2) is 7.95. The molecule has 0 aromatic heterocycles.